The molecule has 1 aliphatic carbocycles. The van der Waals surface area contributed by atoms with Crippen LogP contribution in [0.4, 0.5) is 0 Å². The molecule has 18 heavy (non-hydrogen) atoms. The number of rotatable bonds is 4. The van der Waals surface area contributed by atoms with Crippen molar-refractivity contribution in [3.05, 3.63) is 52.5 Å². The Morgan fingerprint density at radius 2 is 2.28 bits per heavy atom. The molecule has 0 unspecified atom stereocenters. The van der Waals surface area contributed by atoms with Gasteiger partial charge in [-0.25, -0.2) is 0 Å². The predicted molar refractivity (Wildman–Crippen MR) is 71.8 cm³/mol. The second-order valence-electron chi connectivity index (χ2n) is 4.68. The third kappa shape index (κ3) is 2.16. The van der Waals surface area contributed by atoms with Gasteiger partial charge in [0.2, 0.25) is 0 Å². The van der Waals surface area contributed by atoms with Crippen LogP contribution in [0.3, 0.4) is 0 Å². The molecule has 1 N–H and O–H groups in total. The van der Waals surface area contributed by atoms with Gasteiger partial charge in [0.25, 0.3) is 5.91 Å². The quantitative estimate of drug-likeness (QED) is 0.916. The molecule has 3 nitrogen and oxygen atoms in total. The van der Waals surface area contributed by atoms with Gasteiger partial charge in [0.15, 0.2) is 0 Å². The van der Waals surface area contributed by atoms with Crippen LogP contribution in [-0.4, -0.2) is 17.4 Å². The van der Waals surface area contributed by atoms with Crippen LogP contribution in [0.25, 0.3) is 0 Å². The Kier molecular flexibility index (Phi) is 2.88. The van der Waals surface area contributed by atoms with Crippen molar-refractivity contribution in [2.45, 2.75) is 18.3 Å². The largest absolute Gasteiger partial charge is 0.351 e. The van der Waals surface area contributed by atoms with Crippen LogP contribution in [0, 0.1) is 0 Å². The summed E-state index contributed by atoms with van der Waals surface area (Å²) < 4.78 is 0. The molecule has 0 aromatic carbocycles. The second-order valence-corrected chi connectivity index (χ2v) is 5.63. The summed E-state index contributed by atoms with van der Waals surface area (Å²) in [6.07, 6.45) is 5.60. The molecule has 92 valence electrons. The lowest BCUT2D eigenvalue weighted by Crippen LogP contribution is -2.31. The minimum absolute atomic E-state index is 0.0362. The zero-order valence-electron chi connectivity index (χ0n) is 9.93. The Morgan fingerprint density at radius 3 is 2.89 bits per heavy atom. The van der Waals surface area contributed by atoms with E-state index in [1.54, 1.807) is 35.9 Å². The number of carbonyl (C=O) groups excluding carboxylic acids is 1. The molecule has 2 aromatic rings. The summed E-state index contributed by atoms with van der Waals surface area (Å²) in [5, 5.41) is 5.11. The monoisotopic (exact) mass is 258 g/mol. The van der Waals surface area contributed by atoms with Crippen LogP contribution in [0.15, 0.2) is 42.0 Å². The Morgan fingerprint density at radius 1 is 1.39 bits per heavy atom. The first-order valence-corrected chi connectivity index (χ1v) is 6.90. The fourth-order valence-electron chi connectivity index (χ4n) is 2.09. The molecule has 1 saturated carbocycles. The first kappa shape index (κ1) is 11.4. The van der Waals surface area contributed by atoms with Crippen LogP contribution in [0.1, 0.15) is 28.1 Å². The zero-order valence-corrected chi connectivity index (χ0v) is 10.7. The lowest BCUT2D eigenvalue weighted by atomic mass is 10.1. The van der Waals surface area contributed by atoms with Gasteiger partial charge in [-0.1, -0.05) is 6.07 Å². The van der Waals surface area contributed by atoms with Gasteiger partial charge in [-0.2, -0.15) is 0 Å². The first-order valence-electron chi connectivity index (χ1n) is 6.02. The molecule has 0 aliphatic heterocycles. The van der Waals surface area contributed by atoms with E-state index in [-0.39, 0.29) is 11.3 Å². The number of carbonyl (C=O) groups is 1. The first-order chi connectivity index (χ1) is 8.80. The van der Waals surface area contributed by atoms with Crippen LogP contribution >= 0.6 is 11.3 Å². The number of aromatic nitrogens is 1. The highest BCUT2D eigenvalue weighted by Crippen LogP contribution is 2.49. The van der Waals surface area contributed by atoms with Gasteiger partial charge in [-0.3, -0.25) is 9.78 Å². The molecule has 1 fully saturated rings. The highest BCUT2D eigenvalue weighted by atomic mass is 32.1. The van der Waals surface area contributed by atoms with Crippen LogP contribution in [0.2, 0.25) is 0 Å². The van der Waals surface area contributed by atoms with Crippen molar-refractivity contribution in [3.8, 4) is 0 Å². The molecule has 3 rings (SSSR count). The maximum absolute atomic E-state index is 11.9. The minimum atomic E-state index is -0.0362. The normalized spacial score (nSPS) is 16.2. The maximum atomic E-state index is 11.9. The molecule has 0 atom stereocenters. The molecule has 0 saturated heterocycles. The van der Waals surface area contributed by atoms with E-state index in [4.69, 9.17) is 0 Å². The lowest BCUT2D eigenvalue weighted by molar-refractivity contribution is 0.0949. The van der Waals surface area contributed by atoms with Gasteiger partial charge in [0, 0.05) is 29.2 Å². The van der Waals surface area contributed by atoms with E-state index in [0.29, 0.717) is 5.56 Å². The Bertz CT molecular complexity index is 532. The Balaban J connectivity index is 1.64. The van der Waals surface area contributed by atoms with Gasteiger partial charge in [0.1, 0.15) is 0 Å². The molecular weight excluding hydrogens is 244 g/mol. The van der Waals surface area contributed by atoms with Gasteiger partial charge in [0.05, 0.1) is 5.56 Å². The van der Waals surface area contributed by atoms with Crippen LogP contribution in [0.5, 0.6) is 0 Å². The van der Waals surface area contributed by atoms with E-state index >= 15 is 0 Å². The van der Waals surface area contributed by atoms with Crippen molar-refractivity contribution in [2.75, 3.05) is 6.54 Å². The summed E-state index contributed by atoms with van der Waals surface area (Å²) in [5.41, 5.74) is 0.825. The van der Waals surface area contributed by atoms with E-state index in [1.165, 1.54) is 17.7 Å². The van der Waals surface area contributed by atoms with Crippen molar-refractivity contribution in [1.82, 2.24) is 10.3 Å². The fraction of sp³-hybridized carbons (Fsp3) is 0.286. The predicted octanol–water partition coefficient (Wildman–Crippen LogP) is 2.60. The highest BCUT2D eigenvalue weighted by Gasteiger charge is 2.45. The van der Waals surface area contributed by atoms with Gasteiger partial charge >= 0.3 is 0 Å². The summed E-state index contributed by atoms with van der Waals surface area (Å²) in [6.45, 7) is 0.723. The van der Waals surface area contributed by atoms with Crippen molar-refractivity contribution < 1.29 is 4.79 Å². The number of thiophene rings is 1. The van der Waals surface area contributed by atoms with Crippen LogP contribution < -0.4 is 5.32 Å². The minimum Gasteiger partial charge on any atom is -0.351 e. The van der Waals surface area contributed by atoms with E-state index < -0.39 is 0 Å². The Labute approximate surface area is 110 Å². The summed E-state index contributed by atoms with van der Waals surface area (Å²) >= 11 is 1.78. The number of nitrogens with one attached hydrogen (secondary N) is 1. The summed E-state index contributed by atoms with van der Waals surface area (Å²) in [5.74, 6) is -0.0362. The highest BCUT2D eigenvalue weighted by molar-refractivity contribution is 7.10. The van der Waals surface area contributed by atoms with Crippen molar-refractivity contribution >= 4 is 17.2 Å². The van der Waals surface area contributed by atoms with E-state index in [9.17, 15) is 4.79 Å². The van der Waals surface area contributed by atoms with Crippen molar-refractivity contribution in [3.63, 3.8) is 0 Å². The van der Waals surface area contributed by atoms with Gasteiger partial charge in [-0.05, 0) is 36.4 Å². The number of nitrogens with zero attached hydrogens (tertiary/aromatic N) is 1. The molecule has 2 aromatic heterocycles. The average molecular weight is 258 g/mol. The van der Waals surface area contributed by atoms with Crippen molar-refractivity contribution in [1.29, 1.82) is 0 Å². The third-order valence-corrected chi connectivity index (χ3v) is 4.52. The maximum Gasteiger partial charge on any atom is 0.252 e. The molecular formula is C14H14N2OS. The number of hydrogen-bond donors (Lipinski definition) is 1. The molecule has 4 heteroatoms. The fourth-order valence-corrected chi connectivity index (χ4v) is 3.08. The SMILES string of the molecule is O=C(NCC1(c2cccs2)CC1)c1cccnc1. The molecule has 0 radical (unpaired) electrons. The average Bonchev–Trinajstić information content (AvgIpc) is 3.00. The molecule has 2 heterocycles. The molecule has 1 aliphatic rings. The topological polar surface area (TPSA) is 42.0 Å². The standard InChI is InChI=1S/C14H14N2OS/c17-13(11-3-1-7-15-9-11)16-10-14(5-6-14)12-4-2-8-18-12/h1-4,7-9H,5-6,10H2,(H,16,17). The zero-order chi connectivity index (χ0) is 12.4. The van der Waals surface area contributed by atoms with Gasteiger partial charge in [-0.15, -0.1) is 11.3 Å². The summed E-state index contributed by atoms with van der Waals surface area (Å²) in [7, 11) is 0. The second kappa shape index (κ2) is 4.53. The molecule has 0 spiro atoms. The number of amides is 1. The van der Waals surface area contributed by atoms with E-state index in [1.807, 2.05) is 0 Å². The molecule has 1 amide bonds. The van der Waals surface area contributed by atoms with E-state index in [2.05, 4.69) is 27.8 Å². The third-order valence-electron chi connectivity index (χ3n) is 3.41. The summed E-state index contributed by atoms with van der Waals surface area (Å²) in [6, 6.07) is 7.80. The molecule has 0 bridgehead atoms. The van der Waals surface area contributed by atoms with Crippen molar-refractivity contribution in [2.24, 2.45) is 0 Å². The lowest BCUT2D eigenvalue weighted by Gasteiger charge is -2.14. The number of hydrogen-bond acceptors (Lipinski definition) is 3. The summed E-state index contributed by atoms with van der Waals surface area (Å²) in [4.78, 5) is 17.3. The van der Waals surface area contributed by atoms with E-state index in [0.717, 1.165) is 6.54 Å². The van der Waals surface area contributed by atoms with Gasteiger partial charge < -0.3 is 5.32 Å². The smallest absolute Gasteiger partial charge is 0.252 e. The Hall–Kier alpha value is -1.68. The van der Waals surface area contributed by atoms with Crippen LogP contribution in [-0.2, 0) is 5.41 Å². The number of pyridine rings is 1.